The molecular formula is C13H28N4O4. The average molecular weight is 304 g/mol. The molecule has 0 aromatic carbocycles. The minimum absolute atomic E-state index is 0.0508. The Balaban J connectivity index is 4.62. The normalized spacial score (nSPS) is 13.0. The van der Waals surface area contributed by atoms with Gasteiger partial charge < -0.3 is 31.2 Å². The second kappa shape index (κ2) is 15.5. The Morgan fingerprint density at radius 3 is 1.90 bits per heavy atom. The maximum atomic E-state index is 8.76. The van der Waals surface area contributed by atoms with Crippen molar-refractivity contribution >= 4 is 11.4 Å². The summed E-state index contributed by atoms with van der Waals surface area (Å²) < 4.78 is 10.6. The monoisotopic (exact) mass is 304 g/mol. The highest BCUT2D eigenvalue weighted by Gasteiger charge is 2.10. The van der Waals surface area contributed by atoms with E-state index in [4.69, 9.17) is 31.2 Å². The molecule has 0 aromatic heterocycles. The van der Waals surface area contributed by atoms with E-state index >= 15 is 0 Å². The SMILES string of the molecule is NCCCC/N=C(COCCO)/C(COCCO)=N/CN. The number of hydrogen-bond donors (Lipinski definition) is 4. The largest absolute Gasteiger partial charge is 0.394 e. The molecular weight excluding hydrogens is 276 g/mol. The summed E-state index contributed by atoms with van der Waals surface area (Å²) in [6.07, 6.45) is 1.78. The Morgan fingerprint density at radius 2 is 1.43 bits per heavy atom. The summed E-state index contributed by atoms with van der Waals surface area (Å²) in [5.74, 6) is 0. The molecule has 0 aliphatic carbocycles. The fraction of sp³-hybridized carbons (Fsp3) is 0.846. The topological polar surface area (TPSA) is 136 Å². The number of nitrogens with zero attached hydrogens (tertiary/aromatic N) is 2. The second-order valence-corrected chi connectivity index (χ2v) is 4.16. The molecule has 0 amide bonds. The van der Waals surface area contributed by atoms with E-state index in [-0.39, 0.29) is 46.3 Å². The molecule has 0 spiro atoms. The van der Waals surface area contributed by atoms with Crippen LogP contribution in [-0.2, 0) is 9.47 Å². The molecule has 0 rings (SSSR count). The maximum Gasteiger partial charge on any atom is 0.0904 e. The summed E-state index contributed by atoms with van der Waals surface area (Å²) in [4.78, 5) is 8.62. The van der Waals surface area contributed by atoms with Crippen molar-refractivity contribution in [3.05, 3.63) is 0 Å². The molecule has 0 heterocycles. The minimum atomic E-state index is -0.0557. The standard InChI is InChI=1S/C13H28N4O4/c14-3-1-2-4-16-12(9-20-7-5-18)13(17-11-15)10-21-8-6-19/h18-19H,1-11,14-15H2/b16-12+,17-13+. The first-order valence-electron chi connectivity index (χ1n) is 7.14. The summed E-state index contributed by atoms with van der Waals surface area (Å²) >= 11 is 0. The van der Waals surface area contributed by atoms with Gasteiger partial charge in [0, 0.05) is 6.54 Å². The highest BCUT2D eigenvalue weighted by molar-refractivity contribution is 6.43. The summed E-state index contributed by atoms with van der Waals surface area (Å²) in [7, 11) is 0. The molecule has 0 aromatic rings. The van der Waals surface area contributed by atoms with Gasteiger partial charge in [0.2, 0.25) is 0 Å². The fourth-order valence-electron chi connectivity index (χ4n) is 1.49. The van der Waals surface area contributed by atoms with Gasteiger partial charge >= 0.3 is 0 Å². The van der Waals surface area contributed by atoms with Gasteiger partial charge in [-0.25, -0.2) is 0 Å². The lowest BCUT2D eigenvalue weighted by molar-refractivity contribution is 0.115. The van der Waals surface area contributed by atoms with Crippen molar-refractivity contribution in [2.75, 3.05) is 59.4 Å². The Bertz CT molecular complexity index is 298. The average Bonchev–Trinajstić information content (AvgIpc) is 2.49. The lowest BCUT2D eigenvalue weighted by Gasteiger charge is -2.11. The predicted octanol–water partition coefficient (Wildman–Crippen LogP) is -1.46. The third kappa shape index (κ3) is 11.4. The Hall–Kier alpha value is -0.900. The van der Waals surface area contributed by atoms with E-state index in [9.17, 15) is 0 Å². The van der Waals surface area contributed by atoms with Crippen LogP contribution < -0.4 is 11.5 Å². The van der Waals surface area contributed by atoms with Crippen LogP contribution >= 0.6 is 0 Å². The Labute approximate surface area is 125 Å². The number of nitrogens with two attached hydrogens (primary N) is 2. The van der Waals surface area contributed by atoms with Crippen molar-refractivity contribution in [2.24, 2.45) is 21.5 Å². The van der Waals surface area contributed by atoms with Gasteiger partial charge in [-0.15, -0.1) is 0 Å². The van der Waals surface area contributed by atoms with Crippen molar-refractivity contribution in [3.63, 3.8) is 0 Å². The zero-order valence-electron chi connectivity index (χ0n) is 12.5. The Morgan fingerprint density at radius 1 is 0.857 bits per heavy atom. The van der Waals surface area contributed by atoms with Gasteiger partial charge in [-0.3, -0.25) is 9.98 Å². The van der Waals surface area contributed by atoms with Gasteiger partial charge in [0.25, 0.3) is 0 Å². The molecule has 8 nitrogen and oxygen atoms in total. The molecule has 0 fully saturated rings. The van der Waals surface area contributed by atoms with E-state index in [1.54, 1.807) is 0 Å². The van der Waals surface area contributed by atoms with Crippen molar-refractivity contribution in [2.45, 2.75) is 12.8 Å². The van der Waals surface area contributed by atoms with Gasteiger partial charge in [-0.1, -0.05) is 0 Å². The quantitative estimate of drug-likeness (QED) is 0.229. The van der Waals surface area contributed by atoms with Crippen LogP contribution in [0.3, 0.4) is 0 Å². The number of ether oxygens (including phenoxy) is 2. The lowest BCUT2D eigenvalue weighted by atomic mass is 10.2. The second-order valence-electron chi connectivity index (χ2n) is 4.16. The molecule has 21 heavy (non-hydrogen) atoms. The van der Waals surface area contributed by atoms with Crippen molar-refractivity contribution in [1.29, 1.82) is 0 Å². The van der Waals surface area contributed by atoms with Gasteiger partial charge in [0.05, 0.1) is 57.7 Å². The van der Waals surface area contributed by atoms with Crippen LogP contribution in [0.4, 0.5) is 0 Å². The first-order valence-corrected chi connectivity index (χ1v) is 7.14. The van der Waals surface area contributed by atoms with E-state index in [2.05, 4.69) is 9.98 Å². The van der Waals surface area contributed by atoms with Crippen LogP contribution in [-0.4, -0.2) is 81.0 Å². The van der Waals surface area contributed by atoms with Gasteiger partial charge in [0.1, 0.15) is 0 Å². The Kier molecular flexibility index (Phi) is 14.8. The van der Waals surface area contributed by atoms with Gasteiger partial charge in [-0.2, -0.15) is 0 Å². The van der Waals surface area contributed by atoms with E-state index < -0.39 is 0 Å². The number of unbranched alkanes of at least 4 members (excludes halogenated alkanes) is 1. The van der Waals surface area contributed by atoms with E-state index in [0.717, 1.165) is 12.8 Å². The van der Waals surface area contributed by atoms with Crippen molar-refractivity contribution < 1.29 is 19.7 Å². The number of aliphatic hydroxyl groups excluding tert-OH is 2. The molecule has 0 bridgehead atoms. The highest BCUT2D eigenvalue weighted by Crippen LogP contribution is 1.95. The van der Waals surface area contributed by atoms with Crippen molar-refractivity contribution in [1.82, 2.24) is 0 Å². The third-order valence-electron chi connectivity index (χ3n) is 2.48. The van der Waals surface area contributed by atoms with Crippen LogP contribution in [0, 0.1) is 0 Å². The molecule has 124 valence electrons. The molecule has 6 N–H and O–H groups in total. The fourth-order valence-corrected chi connectivity index (χ4v) is 1.49. The van der Waals surface area contributed by atoms with Gasteiger partial charge in [-0.05, 0) is 19.4 Å². The number of hydrogen-bond acceptors (Lipinski definition) is 8. The molecule has 0 atom stereocenters. The summed E-state index contributed by atoms with van der Waals surface area (Å²) in [6, 6.07) is 0. The molecule has 0 saturated heterocycles. The third-order valence-corrected chi connectivity index (χ3v) is 2.48. The molecule has 8 heteroatoms. The zero-order valence-corrected chi connectivity index (χ0v) is 12.5. The van der Waals surface area contributed by atoms with E-state index in [1.165, 1.54) is 0 Å². The summed E-state index contributed by atoms with van der Waals surface area (Å²) in [5.41, 5.74) is 12.2. The molecule has 0 aliphatic rings. The van der Waals surface area contributed by atoms with Gasteiger partial charge in [0.15, 0.2) is 0 Å². The van der Waals surface area contributed by atoms with E-state index in [1.807, 2.05) is 0 Å². The summed E-state index contributed by atoms with van der Waals surface area (Å²) in [5, 5.41) is 17.5. The van der Waals surface area contributed by atoms with E-state index in [0.29, 0.717) is 24.5 Å². The smallest absolute Gasteiger partial charge is 0.0904 e. The van der Waals surface area contributed by atoms with Crippen LogP contribution in [0.1, 0.15) is 12.8 Å². The highest BCUT2D eigenvalue weighted by atomic mass is 16.5. The number of aliphatic hydroxyl groups is 2. The van der Waals surface area contributed by atoms with Crippen LogP contribution in [0.25, 0.3) is 0 Å². The number of rotatable bonds is 14. The zero-order chi connectivity index (χ0) is 15.8. The van der Waals surface area contributed by atoms with Crippen LogP contribution in [0.2, 0.25) is 0 Å². The minimum Gasteiger partial charge on any atom is -0.394 e. The first kappa shape index (κ1) is 20.1. The first-order chi connectivity index (χ1) is 10.3. The number of aliphatic imine (C=N–C) groups is 2. The summed E-state index contributed by atoms with van der Waals surface area (Å²) in [6.45, 7) is 2.19. The predicted molar refractivity (Wildman–Crippen MR) is 82.9 cm³/mol. The molecule has 0 radical (unpaired) electrons. The molecule has 0 unspecified atom stereocenters. The maximum absolute atomic E-state index is 8.76. The van der Waals surface area contributed by atoms with Crippen molar-refractivity contribution in [3.8, 4) is 0 Å². The lowest BCUT2D eigenvalue weighted by Crippen LogP contribution is -2.27. The molecule has 0 saturated carbocycles. The van der Waals surface area contributed by atoms with Crippen LogP contribution in [0.5, 0.6) is 0 Å². The molecule has 0 aliphatic heterocycles. The van der Waals surface area contributed by atoms with Crippen LogP contribution in [0.15, 0.2) is 9.98 Å².